The Morgan fingerprint density at radius 3 is 2.20 bits per heavy atom. The van der Waals surface area contributed by atoms with Crippen LogP contribution in [-0.4, -0.2) is 140 Å². The van der Waals surface area contributed by atoms with Gasteiger partial charge in [0.15, 0.2) is 18.9 Å². The van der Waals surface area contributed by atoms with E-state index >= 15 is 0 Å². The number of fused-ring (bicyclic) bond motifs is 3. The molecule has 0 amide bonds. The Morgan fingerprint density at radius 2 is 1.46 bits per heavy atom. The highest BCUT2D eigenvalue weighted by Crippen LogP contribution is 2.57. The number of hydrogen-bond acceptors (Lipinski definition) is 15. The minimum Gasteiger partial charge on any atom is -0.469 e. The molecular weight excluding hydrogens is 732 g/mol. The van der Waals surface area contributed by atoms with Crippen molar-refractivity contribution >= 4 is 5.97 Å². The van der Waals surface area contributed by atoms with Crippen LogP contribution in [0.2, 0.25) is 0 Å². The van der Waals surface area contributed by atoms with Crippen molar-refractivity contribution in [1.82, 2.24) is 0 Å². The first-order valence-corrected chi connectivity index (χ1v) is 20.6. The largest absolute Gasteiger partial charge is 0.469 e. The summed E-state index contributed by atoms with van der Waals surface area (Å²) in [5.41, 5.74) is 1.92. The van der Waals surface area contributed by atoms with Crippen LogP contribution < -0.4 is 0 Å². The summed E-state index contributed by atoms with van der Waals surface area (Å²) >= 11 is 0. The molecule has 8 aliphatic rings. The van der Waals surface area contributed by atoms with Crippen molar-refractivity contribution in [3.8, 4) is 0 Å². The Bertz CT molecular complexity index is 1480. The van der Waals surface area contributed by atoms with E-state index in [1.54, 1.807) is 27.4 Å². The molecule has 56 heavy (non-hydrogen) atoms. The average Bonchev–Trinajstić information content (AvgIpc) is 3.67. The zero-order valence-electron chi connectivity index (χ0n) is 33.7. The number of hydrogen-bond donors (Lipinski definition) is 3. The van der Waals surface area contributed by atoms with Crippen LogP contribution in [0.3, 0.4) is 0 Å². The molecular formula is C41H62O15. The molecule has 8 rings (SSSR count). The van der Waals surface area contributed by atoms with Gasteiger partial charge in [0.1, 0.15) is 24.4 Å². The molecule has 0 unspecified atom stereocenters. The lowest BCUT2D eigenvalue weighted by Crippen LogP contribution is -2.57. The number of esters is 1. The fourth-order valence-electron chi connectivity index (χ4n) is 11.1. The van der Waals surface area contributed by atoms with Gasteiger partial charge in [-0.25, -0.2) is 0 Å². The minimum absolute atomic E-state index is 0.00811. The van der Waals surface area contributed by atoms with Gasteiger partial charge in [0, 0.05) is 40.4 Å². The normalized spacial score (nSPS) is 51.9. The van der Waals surface area contributed by atoms with Crippen LogP contribution in [0, 0.1) is 23.2 Å². The first kappa shape index (κ1) is 41.0. The molecule has 316 valence electrons. The van der Waals surface area contributed by atoms with E-state index in [9.17, 15) is 20.1 Å². The van der Waals surface area contributed by atoms with E-state index in [1.807, 2.05) is 20.8 Å². The molecule has 0 spiro atoms. The van der Waals surface area contributed by atoms with Gasteiger partial charge >= 0.3 is 5.97 Å². The van der Waals surface area contributed by atoms with Crippen LogP contribution in [0.15, 0.2) is 23.5 Å². The van der Waals surface area contributed by atoms with Crippen LogP contribution in [0.1, 0.15) is 86.0 Å². The molecule has 3 N–H and O–H groups in total. The molecule has 15 heteroatoms. The van der Waals surface area contributed by atoms with Gasteiger partial charge in [-0.05, 0) is 69.8 Å². The molecule has 5 saturated heterocycles. The summed E-state index contributed by atoms with van der Waals surface area (Å²) in [5.74, 6) is -1.40. The van der Waals surface area contributed by atoms with Gasteiger partial charge in [0.05, 0.1) is 73.5 Å². The predicted octanol–water partition coefficient (Wildman–Crippen LogP) is 3.00. The van der Waals surface area contributed by atoms with E-state index in [0.29, 0.717) is 38.7 Å². The quantitative estimate of drug-likeness (QED) is 0.241. The van der Waals surface area contributed by atoms with Crippen molar-refractivity contribution in [2.24, 2.45) is 23.2 Å². The van der Waals surface area contributed by atoms with Gasteiger partial charge in [-0.2, -0.15) is 0 Å². The summed E-state index contributed by atoms with van der Waals surface area (Å²) in [7, 11) is 3.16. The topological polar surface area (TPSA) is 179 Å². The number of carbonyl (C=O) groups is 1. The molecule has 20 atom stereocenters. The van der Waals surface area contributed by atoms with Crippen LogP contribution >= 0.6 is 0 Å². The number of aliphatic hydroxyl groups is 3. The Hall–Kier alpha value is -1.73. The summed E-state index contributed by atoms with van der Waals surface area (Å²) < 4.78 is 66.9. The predicted molar refractivity (Wildman–Crippen MR) is 194 cm³/mol. The SMILES string of the molecule is CO[C@H]1C[C@H](O[C@H]2[C@@H](O)C[C@H](O[C@@H]3[C@@H](C)O[C@@H](O[C@@H]4CC5=CC[C@H]6C(=O)O[C@@H]7CO[C@]8(C)OC=C(CC[C@@H]6[C@@]5(C)C[C@H]4O)[C@H]78)C[C@H]3OC)O[C@@H]2C)O[C@@H](C)[C@@H]1O. The second-order valence-electron chi connectivity index (χ2n) is 17.7. The van der Waals surface area contributed by atoms with E-state index in [2.05, 4.69) is 13.0 Å². The lowest BCUT2D eigenvalue weighted by Gasteiger charge is -2.52. The molecule has 0 bridgehead atoms. The molecule has 15 nitrogen and oxygen atoms in total. The first-order chi connectivity index (χ1) is 26.7. The van der Waals surface area contributed by atoms with E-state index < -0.39 is 97.2 Å². The Labute approximate surface area is 329 Å². The maximum atomic E-state index is 13.7. The van der Waals surface area contributed by atoms with Crippen LogP contribution in [0.5, 0.6) is 0 Å². The summed E-state index contributed by atoms with van der Waals surface area (Å²) in [6.07, 6.45) is -0.916. The number of methoxy groups -OCH3 is 2. The third-order valence-electron chi connectivity index (χ3n) is 14.2. The molecule has 6 fully saturated rings. The Morgan fingerprint density at radius 1 is 0.804 bits per heavy atom. The van der Waals surface area contributed by atoms with Gasteiger partial charge in [0.2, 0.25) is 5.79 Å². The third kappa shape index (κ3) is 7.51. The first-order valence-electron chi connectivity index (χ1n) is 20.6. The summed E-state index contributed by atoms with van der Waals surface area (Å²) in [4.78, 5) is 13.7. The van der Waals surface area contributed by atoms with E-state index in [0.717, 1.165) is 18.4 Å². The average molecular weight is 795 g/mol. The van der Waals surface area contributed by atoms with Crippen molar-refractivity contribution < 1.29 is 72.2 Å². The fraction of sp³-hybridized carbons (Fsp3) is 0.878. The fourth-order valence-corrected chi connectivity index (χ4v) is 11.1. The second kappa shape index (κ2) is 16.0. The smallest absolute Gasteiger partial charge is 0.309 e. The molecule has 0 aromatic heterocycles. The maximum absolute atomic E-state index is 13.7. The van der Waals surface area contributed by atoms with Crippen LogP contribution in [-0.2, 0) is 56.9 Å². The zero-order chi connectivity index (χ0) is 39.7. The molecule has 6 aliphatic heterocycles. The van der Waals surface area contributed by atoms with Crippen molar-refractivity contribution in [1.29, 1.82) is 0 Å². The van der Waals surface area contributed by atoms with Crippen molar-refractivity contribution in [3.05, 3.63) is 23.5 Å². The van der Waals surface area contributed by atoms with Gasteiger partial charge in [0.25, 0.3) is 0 Å². The molecule has 0 aromatic rings. The van der Waals surface area contributed by atoms with Gasteiger partial charge in [-0.15, -0.1) is 0 Å². The molecule has 0 aromatic carbocycles. The number of ether oxygens (including phenoxy) is 11. The van der Waals surface area contributed by atoms with Crippen molar-refractivity contribution in [2.75, 3.05) is 20.8 Å². The summed E-state index contributed by atoms with van der Waals surface area (Å²) in [5, 5.41) is 33.2. The molecule has 0 radical (unpaired) electrons. The van der Waals surface area contributed by atoms with E-state index in [-0.39, 0.29) is 36.2 Å². The maximum Gasteiger partial charge on any atom is 0.309 e. The van der Waals surface area contributed by atoms with Crippen LogP contribution in [0.4, 0.5) is 0 Å². The second-order valence-corrected chi connectivity index (χ2v) is 17.7. The lowest BCUT2D eigenvalue weighted by molar-refractivity contribution is -0.338. The van der Waals surface area contributed by atoms with Crippen molar-refractivity contribution in [2.45, 2.75) is 184 Å². The highest BCUT2D eigenvalue weighted by Gasteiger charge is 2.59. The lowest BCUT2D eigenvalue weighted by atomic mass is 9.55. The Balaban J connectivity index is 0.868. The Kier molecular flexibility index (Phi) is 11.7. The highest BCUT2D eigenvalue weighted by atomic mass is 16.7. The monoisotopic (exact) mass is 794 g/mol. The van der Waals surface area contributed by atoms with Gasteiger partial charge in [-0.1, -0.05) is 18.6 Å². The molecule has 1 saturated carbocycles. The summed E-state index contributed by atoms with van der Waals surface area (Å²) in [6, 6.07) is 0. The van der Waals surface area contributed by atoms with Crippen molar-refractivity contribution in [3.63, 3.8) is 0 Å². The van der Waals surface area contributed by atoms with E-state index in [1.165, 1.54) is 5.57 Å². The minimum atomic E-state index is -0.897. The van der Waals surface area contributed by atoms with Gasteiger partial charge < -0.3 is 67.4 Å². The summed E-state index contributed by atoms with van der Waals surface area (Å²) in [6.45, 7) is 9.89. The molecule has 6 heterocycles. The van der Waals surface area contributed by atoms with Crippen LogP contribution in [0.25, 0.3) is 0 Å². The molecule has 2 aliphatic carbocycles. The standard InChI is InChI=1S/C41H62O15/c1-19-36(44)29(46-6)14-34(50-19)55-37-20(2)51-32(13-26(37)42)56-38-21(3)52-33(15-30(38)47-7)53-28-12-23-9-10-24-25(40(23,4)16-27(28)43)11-8-22-17-48-41(5)35(22)31(18-49-41)54-39(24)45/h9,17,19-21,24-38,42-44H,8,10-16,18H2,1-7H3/t19-,20+,21+,24+,25-,26-,27+,28+,29-,30+,31+,32-,33-,34-,35+,36-,37+,38+,40-,41-/m0/s1. The number of rotatable bonds is 8. The van der Waals surface area contributed by atoms with E-state index in [4.69, 9.17) is 52.1 Å². The zero-order valence-corrected chi connectivity index (χ0v) is 33.7. The number of allylic oxidation sites excluding steroid dienone is 1. The number of carbonyl (C=O) groups excluding carboxylic acids is 1. The third-order valence-corrected chi connectivity index (χ3v) is 14.2. The van der Waals surface area contributed by atoms with Gasteiger partial charge in [-0.3, -0.25) is 4.79 Å². The highest BCUT2D eigenvalue weighted by molar-refractivity contribution is 5.74. The number of aliphatic hydroxyl groups excluding tert-OH is 3.